The van der Waals surface area contributed by atoms with Crippen LogP contribution in [0.5, 0.6) is 0 Å². The molecule has 136 valence electrons. The van der Waals surface area contributed by atoms with E-state index < -0.39 is 0 Å². The molecule has 4 heteroatoms. The molecule has 4 rings (SSSR count). The zero-order valence-electron chi connectivity index (χ0n) is 16.0. The highest BCUT2D eigenvalue weighted by molar-refractivity contribution is 5.53. The molecule has 0 unspecified atom stereocenters. The lowest BCUT2D eigenvalue weighted by Crippen LogP contribution is -2.45. The number of fused-ring (bicyclic) bond motifs is 1. The SMILES string of the molecule is Cc1nc(CN2CCCN(CC3CC3)[C@@H](C(C)C)C2)c2ccccn12. The highest BCUT2D eigenvalue weighted by Crippen LogP contribution is 2.32. The largest absolute Gasteiger partial charge is 0.304 e. The summed E-state index contributed by atoms with van der Waals surface area (Å²) in [4.78, 5) is 10.3. The van der Waals surface area contributed by atoms with Gasteiger partial charge >= 0.3 is 0 Å². The Morgan fingerprint density at radius 2 is 2.04 bits per heavy atom. The van der Waals surface area contributed by atoms with Gasteiger partial charge in [-0.1, -0.05) is 19.9 Å². The van der Waals surface area contributed by atoms with Crippen LogP contribution in [-0.4, -0.2) is 51.4 Å². The van der Waals surface area contributed by atoms with Gasteiger partial charge in [-0.2, -0.15) is 0 Å². The van der Waals surface area contributed by atoms with E-state index in [-0.39, 0.29) is 0 Å². The van der Waals surface area contributed by atoms with E-state index in [1.807, 2.05) is 0 Å². The fraction of sp³-hybridized carbons (Fsp3) is 0.667. The van der Waals surface area contributed by atoms with Crippen LogP contribution < -0.4 is 0 Å². The van der Waals surface area contributed by atoms with Gasteiger partial charge in [0.1, 0.15) is 5.82 Å². The van der Waals surface area contributed by atoms with Crippen molar-refractivity contribution in [3.05, 3.63) is 35.9 Å². The lowest BCUT2D eigenvalue weighted by Gasteiger charge is -2.34. The Hall–Kier alpha value is -1.39. The van der Waals surface area contributed by atoms with Crippen molar-refractivity contribution < 1.29 is 0 Å². The number of rotatable bonds is 5. The summed E-state index contributed by atoms with van der Waals surface area (Å²) < 4.78 is 2.21. The molecule has 1 saturated carbocycles. The number of hydrogen-bond acceptors (Lipinski definition) is 3. The molecule has 1 atom stereocenters. The van der Waals surface area contributed by atoms with E-state index in [1.54, 1.807) is 0 Å². The van der Waals surface area contributed by atoms with Crippen molar-refractivity contribution in [1.29, 1.82) is 0 Å². The number of aromatic nitrogens is 2. The standard InChI is InChI=1S/C21H32N4/c1-16(2)21-15-23(10-6-11-24(21)13-18-8-9-18)14-19-20-7-4-5-12-25(20)17(3)22-19/h4-5,7,12,16,18,21H,6,8-11,13-15H2,1-3H3/t21-/m1/s1. The minimum absolute atomic E-state index is 0.679. The Bertz CT molecular complexity index is 716. The average Bonchev–Trinajstić information content (AvgIpc) is 3.38. The summed E-state index contributed by atoms with van der Waals surface area (Å²) in [5, 5.41) is 0. The van der Waals surface area contributed by atoms with Crippen molar-refractivity contribution in [3.63, 3.8) is 0 Å². The van der Waals surface area contributed by atoms with E-state index in [0.717, 1.165) is 18.3 Å². The van der Waals surface area contributed by atoms with Gasteiger partial charge in [0.25, 0.3) is 0 Å². The van der Waals surface area contributed by atoms with Gasteiger partial charge in [0, 0.05) is 31.9 Å². The fourth-order valence-corrected chi connectivity index (χ4v) is 4.36. The third kappa shape index (κ3) is 3.75. The van der Waals surface area contributed by atoms with Crippen molar-refractivity contribution in [2.24, 2.45) is 11.8 Å². The molecule has 3 heterocycles. The van der Waals surface area contributed by atoms with Crippen molar-refractivity contribution in [3.8, 4) is 0 Å². The molecule has 0 bridgehead atoms. The fourth-order valence-electron chi connectivity index (χ4n) is 4.36. The molecule has 0 N–H and O–H groups in total. The minimum atomic E-state index is 0.679. The third-order valence-corrected chi connectivity index (χ3v) is 5.97. The van der Waals surface area contributed by atoms with Crippen LogP contribution in [0.3, 0.4) is 0 Å². The van der Waals surface area contributed by atoms with Crippen molar-refractivity contribution in [2.45, 2.75) is 52.6 Å². The van der Waals surface area contributed by atoms with Gasteiger partial charge in [-0.3, -0.25) is 9.80 Å². The first kappa shape index (κ1) is 17.0. The molecule has 2 aromatic rings. The maximum Gasteiger partial charge on any atom is 0.110 e. The first-order valence-electron chi connectivity index (χ1n) is 10.0. The van der Waals surface area contributed by atoms with Crippen molar-refractivity contribution >= 4 is 5.52 Å². The second-order valence-electron chi connectivity index (χ2n) is 8.40. The molecular formula is C21H32N4. The van der Waals surface area contributed by atoms with Gasteiger partial charge < -0.3 is 4.40 Å². The highest BCUT2D eigenvalue weighted by atomic mass is 15.3. The van der Waals surface area contributed by atoms with Crippen LogP contribution in [0.1, 0.15) is 44.6 Å². The second kappa shape index (κ2) is 7.08. The molecule has 25 heavy (non-hydrogen) atoms. The predicted octanol–water partition coefficient (Wildman–Crippen LogP) is 3.59. The van der Waals surface area contributed by atoms with E-state index >= 15 is 0 Å². The molecule has 2 aliphatic rings. The van der Waals surface area contributed by atoms with Crippen LogP contribution in [-0.2, 0) is 6.54 Å². The molecule has 4 nitrogen and oxygen atoms in total. The Kier molecular flexibility index (Phi) is 4.83. The molecule has 2 aromatic heterocycles. The minimum Gasteiger partial charge on any atom is -0.304 e. The molecular weight excluding hydrogens is 308 g/mol. The molecule has 1 aliphatic carbocycles. The molecule has 0 spiro atoms. The smallest absolute Gasteiger partial charge is 0.110 e. The van der Waals surface area contributed by atoms with Gasteiger partial charge in [0.2, 0.25) is 0 Å². The highest BCUT2D eigenvalue weighted by Gasteiger charge is 2.32. The normalized spacial score (nSPS) is 23.4. The molecule has 1 saturated heterocycles. The number of imidazole rings is 1. The lowest BCUT2D eigenvalue weighted by molar-refractivity contribution is 0.131. The monoisotopic (exact) mass is 340 g/mol. The van der Waals surface area contributed by atoms with E-state index in [4.69, 9.17) is 4.98 Å². The van der Waals surface area contributed by atoms with Crippen molar-refractivity contribution in [2.75, 3.05) is 26.2 Å². The molecule has 2 fully saturated rings. The Morgan fingerprint density at radius 1 is 1.20 bits per heavy atom. The van der Waals surface area contributed by atoms with Gasteiger partial charge in [0.15, 0.2) is 0 Å². The predicted molar refractivity (Wildman–Crippen MR) is 103 cm³/mol. The Labute approximate surface area is 151 Å². The summed E-state index contributed by atoms with van der Waals surface area (Å²) in [7, 11) is 0. The van der Waals surface area contributed by atoms with Gasteiger partial charge in [-0.15, -0.1) is 0 Å². The van der Waals surface area contributed by atoms with Crippen molar-refractivity contribution in [1.82, 2.24) is 19.2 Å². The van der Waals surface area contributed by atoms with Crippen LogP contribution in [0.4, 0.5) is 0 Å². The van der Waals surface area contributed by atoms with Crippen LogP contribution >= 0.6 is 0 Å². The molecule has 0 amide bonds. The summed E-state index contributed by atoms with van der Waals surface area (Å²) in [5.41, 5.74) is 2.50. The van der Waals surface area contributed by atoms with Gasteiger partial charge in [-0.05, 0) is 63.2 Å². The van der Waals surface area contributed by atoms with E-state index in [2.05, 4.69) is 59.4 Å². The summed E-state index contributed by atoms with van der Waals surface area (Å²) in [6.45, 7) is 12.8. The lowest BCUT2D eigenvalue weighted by atomic mass is 10.0. The summed E-state index contributed by atoms with van der Waals surface area (Å²) in [5.74, 6) is 2.78. The topological polar surface area (TPSA) is 23.8 Å². The first-order valence-corrected chi connectivity index (χ1v) is 10.0. The van der Waals surface area contributed by atoms with E-state index in [9.17, 15) is 0 Å². The summed E-state index contributed by atoms with van der Waals surface area (Å²) in [6, 6.07) is 7.09. The first-order chi connectivity index (χ1) is 12.1. The quantitative estimate of drug-likeness (QED) is 0.831. The maximum atomic E-state index is 4.87. The maximum absolute atomic E-state index is 4.87. The van der Waals surface area contributed by atoms with Gasteiger partial charge in [-0.25, -0.2) is 4.98 Å². The average molecular weight is 341 g/mol. The number of pyridine rings is 1. The summed E-state index contributed by atoms with van der Waals surface area (Å²) in [6.07, 6.45) is 6.30. The Balaban J connectivity index is 1.51. The summed E-state index contributed by atoms with van der Waals surface area (Å²) >= 11 is 0. The zero-order valence-corrected chi connectivity index (χ0v) is 16.0. The van der Waals surface area contributed by atoms with Crippen LogP contribution in [0.25, 0.3) is 5.52 Å². The number of aryl methyl sites for hydroxylation is 1. The zero-order chi connectivity index (χ0) is 17.4. The number of nitrogens with zero attached hydrogens (tertiary/aromatic N) is 4. The number of hydrogen-bond donors (Lipinski definition) is 0. The third-order valence-electron chi connectivity index (χ3n) is 5.97. The van der Waals surface area contributed by atoms with Crippen LogP contribution in [0.15, 0.2) is 24.4 Å². The Morgan fingerprint density at radius 3 is 2.80 bits per heavy atom. The molecule has 0 radical (unpaired) electrons. The van der Waals surface area contributed by atoms with E-state index in [1.165, 1.54) is 56.7 Å². The van der Waals surface area contributed by atoms with Gasteiger partial charge in [0.05, 0.1) is 11.2 Å². The molecule has 0 aromatic carbocycles. The second-order valence-corrected chi connectivity index (χ2v) is 8.40. The van der Waals surface area contributed by atoms with Crippen LogP contribution in [0.2, 0.25) is 0 Å². The van der Waals surface area contributed by atoms with Crippen LogP contribution in [0, 0.1) is 18.8 Å². The molecule has 1 aliphatic heterocycles. The van der Waals surface area contributed by atoms with E-state index in [0.29, 0.717) is 12.0 Å².